The first-order valence-corrected chi connectivity index (χ1v) is 18.9. The maximum Gasteiger partial charge on any atom is 0.122 e. The van der Waals surface area contributed by atoms with Crippen LogP contribution in [0.3, 0.4) is 0 Å². The van der Waals surface area contributed by atoms with E-state index in [2.05, 4.69) is 172 Å². The van der Waals surface area contributed by atoms with Gasteiger partial charge >= 0.3 is 0 Å². The molecule has 5 aliphatic heterocycles. The van der Waals surface area contributed by atoms with Crippen molar-refractivity contribution >= 4 is 24.0 Å². The summed E-state index contributed by atoms with van der Waals surface area (Å²) in [5.41, 5.74) is -1.22. The average molecular weight is 823 g/mol. The largest absolute Gasteiger partial charge is 0.359 e. The van der Waals surface area contributed by atoms with Crippen LogP contribution in [-0.4, -0.2) is 122 Å². The van der Waals surface area contributed by atoms with Gasteiger partial charge in [-0.3, -0.25) is 14.7 Å². The molecule has 2 spiro atoms. The summed E-state index contributed by atoms with van der Waals surface area (Å²) in [4.78, 5) is 9.59. The highest BCUT2D eigenvalue weighted by atomic mass is 127. The molecule has 0 N–H and O–H groups in total. The molecule has 1 saturated carbocycles. The molecule has 296 valence electrons. The smallest absolute Gasteiger partial charge is 0.122 e. The Kier molecular flexibility index (Phi) is 11.4. The Morgan fingerprint density at radius 1 is 0.400 bits per heavy atom. The lowest BCUT2D eigenvalue weighted by molar-refractivity contribution is -0.200. The summed E-state index contributed by atoms with van der Waals surface area (Å²) in [6.07, 6.45) is 4.25. The van der Waals surface area contributed by atoms with Gasteiger partial charge in [-0.25, -0.2) is 4.90 Å². The number of hydrogen-bond donors (Lipinski definition) is 0. The van der Waals surface area contributed by atoms with E-state index in [1.165, 1.54) is 0 Å². The lowest BCUT2D eigenvalue weighted by atomic mass is 9.72. The van der Waals surface area contributed by atoms with E-state index in [0.717, 1.165) is 38.9 Å². The molecule has 0 aromatic heterocycles. The maximum atomic E-state index is 6.32. The highest BCUT2D eigenvalue weighted by Gasteiger charge is 2.74. The number of nitrogens with zero attached hydrogens (tertiary/aromatic N) is 4. The SMILES string of the molecule is CC1(C)OC(C)(C)C2(C)N1C(C)(C)OC2(C)C.CN1C(C)(C)COC12CCC1(CC2)OCC(C)(C)N1C.CN1C(C)(C)OC(C)(C)C1(C)C.I. The van der Waals surface area contributed by atoms with Crippen molar-refractivity contribution in [3.63, 3.8) is 0 Å². The summed E-state index contributed by atoms with van der Waals surface area (Å²) in [5.74, 6) is 0. The van der Waals surface area contributed by atoms with Crippen molar-refractivity contribution in [2.45, 2.75) is 225 Å². The Hall–Kier alpha value is 0.370. The first-order valence-electron chi connectivity index (χ1n) is 18.9. The molecule has 0 aromatic rings. The Labute approximate surface area is 325 Å². The van der Waals surface area contributed by atoms with Crippen molar-refractivity contribution in [3.8, 4) is 0 Å². The molecular weight excluding hydrogens is 743 g/mol. The summed E-state index contributed by atoms with van der Waals surface area (Å²) in [6.45, 7) is 43.2. The van der Waals surface area contributed by atoms with Crippen molar-refractivity contribution in [1.29, 1.82) is 0 Å². The summed E-state index contributed by atoms with van der Waals surface area (Å²) >= 11 is 0. The number of ether oxygens (including phenoxy) is 5. The molecule has 0 unspecified atom stereocenters. The zero-order chi connectivity index (χ0) is 38.1. The number of halogens is 1. The first-order chi connectivity index (χ1) is 21.5. The Balaban J connectivity index is 0.000000207. The van der Waals surface area contributed by atoms with Gasteiger partial charge in [-0.1, -0.05) is 0 Å². The van der Waals surface area contributed by atoms with Crippen LogP contribution in [0.25, 0.3) is 0 Å². The van der Waals surface area contributed by atoms with E-state index in [1.54, 1.807) is 0 Å². The molecule has 0 aromatic carbocycles. The van der Waals surface area contributed by atoms with E-state index in [4.69, 9.17) is 23.7 Å². The number of rotatable bonds is 0. The van der Waals surface area contributed by atoms with Gasteiger partial charge in [0.15, 0.2) is 0 Å². The second kappa shape index (κ2) is 12.7. The minimum absolute atomic E-state index is 0. The maximum absolute atomic E-state index is 6.32. The molecule has 6 rings (SSSR count). The van der Waals surface area contributed by atoms with Gasteiger partial charge in [0.2, 0.25) is 0 Å². The monoisotopic (exact) mass is 823 g/mol. The molecule has 0 atom stereocenters. The van der Waals surface area contributed by atoms with Gasteiger partial charge in [-0.15, -0.1) is 24.0 Å². The van der Waals surface area contributed by atoms with E-state index < -0.39 is 0 Å². The van der Waals surface area contributed by atoms with Crippen molar-refractivity contribution in [2.24, 2.45) is 0 Å². The van der Waals surface area contributed by atoms with Crippen LogP contribution in [-0.2, 0) is 23.7 Å². The van der Waals surface area contributed by atoms with Crippen LogP contribution in [0, 0.1) is 0 Å². The van der Waals surface area contributed by atoms with Crippen LogP contribution in [0.1, 0.15) is 157 Å². The van der Waals surface area contributed by atoms with E-state index in [1.807, 2.05) is 0 Å². The Bertz CT molecular complexity index is 1180. The standard InChI is InChI=1S/C16H30N2O2.C14H27NO2.C10H21NO.HI/c1-13(2)11-19-15(17(13)5)7-9-16(10-8-15)18(6)14(3,4)12-20-16;1-10(2)14(9)11(3,4)17-13(7,8)15(14)12(5,6)16-10;1-8(2)9(3,4)12-10(5,6)11(8)7;/h7-12H2,1-6H3;1-9H3;1-7H3;1H. The summed E-state index contributed by atoms with van der Waals surface area (Å²) in [5, 5.41) is 0. The molecular formula is C40H79IN4O5. The van der Waals surface area contributed by atoms with Crippen LogP contribution in [0.2, 0.25) is 0 Å². The minimum atomic E-state index is -0.310. The lowest BCUT2D eigenvalue weighted by Crippen LogP contribution is -2.63. The third kappa shape index (κ3) is 6.69. The van der Waals surface area contributed by atoms with Crippen LogP contribution in [0.15, 0.2) is 0 Å². The molecule has 1 aliphatic carbocycles. The second-order valence-corrected chi connectivity index (χ2v) is 20.9. The molecule has 6 fully saturated rings. The first kappa shape index (κ1) is 44.8. The Morgan fingerprint density at radius 3 is 0.880 bits per heavy atom. The van der Waals surface area contributed by atoms with Crippen LogP contribution >= 0.6 is 24.0 Å². The van der Waals surface area contributed by atoms with Crippen molar-refractivity contribution in [2.75, 3.05) is 34.4 Å². The van der Waals surface area contributed by atoms with Crippen LogP contribution < -0.4 is 0 Å². The molecule has 6 aliphatic rings. The molecule has 0 amide bonds. The second-order valence-electron chi connectivity index (χ2n) is 20.9. The zero-order valence-corrected chi connectivity index (χ0v) is 38.8. The summed E-state index contributed by atoms with van der Waals surface area (Å²) < 4.78 is 31.1. The molecule has 0 radical (unpaired) electrons. The van der Waals surface area contributed by atoms with Crippen molar-refractivity contribution in [1.82, 2.24) is 19.6 Å². The minimum Gasteiger partial charge on any atom is -0.359 e. The van der Waals surface area contributed by atoms with Crippen molar-refractivity contribution < 1.29 is 23.7 Å². The molecule has 50 heavy (non-hydrogen) atoms. The Morgan fingerprint density at radius 2 is 0.700 bits per heavy atom. The van der Waals surface area contributed by atoms with Gasteiger partial charge in [0, 0.05) is 16.6 Å². The molecule has 5 saturated heterocycles. The van der Waals surface area contributed by atoms with E-state index in [9.17, 15) is 0 Å². The van der Waals surface area contributed by atoms with Gasteiger partial charge in [0.05, 0.1) is 35.6 Å². The topological polar surface area (TPSA) is 59.1 Å². The van der Waals surface area contributed by atoms with Crippen LogP contribution in [0.5, 0.6) is 0 Å². The van der Waals surface area contributed by atoms with E-state index >= 15 is 0 Å². The third-order valence-electron chi connectivity index (χ3n) is 14.7. The predicted molar refractivity (Wildman–Crippen MR) is 215 cm³/mol. The summed E-state index contributed by atoms with van der Waals surface area (Å²) in [7, 11) is 6.55. The predicted octanol–water partition coefficient (Wildman–Crippen LogP) is 8.43. The molecule has 0 bridgehead atoms. The number of hydrogen-bond acceptors (Lipinski definition) is 9. The van der Waals surface area contributed by atoms with Gasteiger partial charge in [0.25, 0.3) is 0 Å². The van der Waals surface area contributed by atoms with E-state index in [0.29, 0.717) is 0 Å². The molecule has 9 nitrogen and oxygen atoms in total. The third-order valence-corrected chi connectivity index (χ3v) is 14.7. The number of likely N-dealkylation sites (N-methyl/N-ethyl adjacent to an activating group) is 3. The zero-order valence-electron chi connectivity index (χ0n) is 36.5. The fourth-order valence-electron chi connectivity index (χ4n) is 10.5. The van der Waals surface area contributed by atoms with Gasteiger partial charge in [0.1, 0.15) is 28.6 Å². The quantitative estimate of drug-likeness (QED) is 0.224. The highest BCUT2D eigenvalue weighted by molar-refractivity contribution is 14.0. The molecule has 10 heteroatoms. The van der Waals surface area contributed by atoms with Gasteiger partial charge < -0.3 is 23.7 Å². The van der Waals surface area contributed by atoms with Gasteiger partial charge in [-0.05, 0) is 178 Å². The van der Waals surface area contributed by atoms with Crippen LogP contribution in [0.4, 0.5) is 0 Å². The number of fused-ring (bicyclic) bond motifs is 1. The summed E-state index contributed by atoms with van der Waals surface area (Å²) in [6, 6.07) is 0. The molecule has 5 heterocycles. The fourth-order valence-corrected chi connectivity index (χ4v) is 10.5. The normalized spacial score (nSPS) is 37.8. The van der Waals surface area contributed by atoms with E-state index in [-0.39, 0.29) is 91.6 Å². The van der Waals surface area contributed by atoms with Crippen molar-refractivity contribution in [3.05, 3.63) is 0 Å². The average Bonchev–Trinajstić information content (AvgIpc) is 3.44. The van der Waals surface area contributed by atoms with Gasteiger partial charge in [-0.2, -0.15) is 0 Å². The fraction of sp³-hybridized carbons (Fsp3) is 1.00. The lowest BCUT2D eigenvalue weighted by Gasteiger charge is -2.49. The highest BCUT2D eigenvalue weighted by Crippen LogP contribution is 2.61.